The van der Waals surface area contributed by atoms with Gasteiger partial charge in [-0.25, -0.2) is 0 Å². The van der Waals surface area contributed by atoms with Crippen molar-refractivity contribution in [1.29, 1.82) is 0 Å². The van der Waals surface area contributed by atoms with Crippen LogP contribution in [0.3, 0.4) is 0 Å². The first-order valence-electron chi connectivity index (χ1n) is 6.35. The topological polar surface area (TPSA) is 0 Å². The van der Waals surface area contributed by atoms with Crippen LogP contribution in [0.15, 0.2) is 22.5 Å². The summed E-state index contributed by atoms with van der Waals surface area (Å²) < 4.78 is 0. The molecule has 0 radical (unpaired) electrons. The van der Waals surface area contributed by atoms with Crippen molar-refractivity contribution in [2.24, 2.45) is 0 Å². The Kier molecular flexibility index (Phi) is 6.91. The van der Waals surface area contributed by atoms with Crippen LogP contribution in [0.1, 0.15) is 54.4 Å². The molecule has 0 nitrogen and oxygen atoms in total. The van der Waals surface area contributed by atoms with Gasteiger partial charge in [0.15, 0.2) is 0 Å². The molecular weight excluding hydrogens is 196 g/mol. The summed E-state index contributed by atoms with van der Waals surface area (Å²) in [5, 5.41) is 3.36. The fourth-order valence-electron chi connectivity index (χ4n) is 2.63. The van der Waals surface area contributed by atoms with E-state index < -0.39 is 8.07 Å². The average Bonchev–Trinajstić information content (AvgIpc) is 2.26. The summed E-state index contributed by atoms with van der Waals surface area (Å²) in [6.07, 6.45) is 7.35. The summed E-state index contributed by atoms with van der Waals surface area (Å²) in [5.74, 6) is 0. The zero-order chi connectivity index (χ0) is 11.9. The lowest BCUT2D eigenvalue weighted by Crippen LogP contribution is -2.38. The molecule has 0 aliphatic rings. The Bertz CT molecular complexity index is 210. The van der Waals surface area contributed by atoms with E-state index in [0.717, 1.165) is 0 Å². The van der Waals surface area contributed by atoms with Crippen LogP contribution in [0.2, 0.25) is 12.1 Å². The van der Waals surface area contributed by atoms with E-state index in [4.69, 9.17) is 0 Å². The smallest absolute Gasteiger partial charge is 0.0922 e. The molecule has 0 aromatic heterocycles. The molecule has 0 aromatic rings. The summed E-state index contributed by atoms with van der Waals surface area (Å²) in [6, 6.07) is 2.85. The molecule has 0 aromatic carbocycles. The molecule has 0 spiro atoms. The minimum absolute atomic E-state index is 1.28. The maximum absolute atomic E-state index is 2.35. The molecule has 0 aliphatic carbocycles. The van der Waals surface area contributed by atoms with Gasteiger partial charge in [-0.05, 0) is 27.7 Å². The highest BCUT2D eigenvalue weighted by atomic mass is 28.3. The predicted molar refractivity (Wildman–Crippen MR) is 74.8 cm³/mol. The molecule has 0 fully saturated rings. The number of allylic oxidation sites excluding steroid dienone is 4. The normalized spacial score (nSPS) is 14.5. The molecule has 88 valence electrons. The molecular formula is C14H28Si. The summed E-state index contributed by atoms with van der Waals surface area (Å²) in [6.45, 7) is 13.7. The van der Waals surface area contributed by atoms with E-state index in [1.807, 2.05) is 0 Å². The third-order valence-electron chi connectivity index (χ3n) is 3.73. The molecule has 1 heteroatoms. The molecule has 0 aliphatic heterocycles. The van der Waals surface area contributed by atoms with Crippen molar-refractivity contribution in [2.75, 3.05) is 0 Å². The van der Waals surface area contributed by atoms with Crippen LogP contribution in [0.5, 0.6) is 0 Å². The van der Waals surface area contributed by atoms with Crippen molar-refractivity contribution in [2.45, 2.75) is 66.5 Å². The van der Waals surface area contributed by atoms with Gasteiger partial charge in [0, 0.05) is 0 Å². The molecule has 0 heterocycles. The standard InChI is InChI=1S/C14H28Si/c1-7-11-15(12-8-2,13(5)9-3)14(6)10-4/h9-10H,7-8,11-12H2,1-6H3. The van der Waals surface area contributed by atoms with E-state index in [-0.39, 0.29) is 0 Å². The number of rotatable bonds is 6. The van der Waals surface area contributed by atoms with Gasteiger partial charge in [-0.2, -0.15) is 0 Å². The van der Waals surface area contributed by atoms with Gasteiger partial charge in [0.1, 0.15) is 8.07 Å². The lowest BCUT2D eigenvalue weighted by Gasteiger charge is -2.34. The minimum atomic E-state index is -1.28. The maximum atomic E-state index is 2.35. The second-order valence-electron chi connectivity index (χ2n) is 4.53. The fourth-order valence-corrected chi connectivity index (χ4v) is 7.89. The van der Waals surface area contributed by atoms with E-state index in [1.54, 1.807) is 10.4 Å². The van der Waals surface area contributed by atoms with E-state index in [1.165, 1.54) is 24.9 Å². The largest absolute Gasteiger partial charge is 0.107 e. The van der Waals surface area contributed by atoms with Gasteiger partial charge in [0.25, 0.3) is 0 Å². The van der Waals surface area contributed by atoms with E-state index in [2.05, 4.69) is 53.7 Å². The molecule has 0 rings (SSSR count). The van der Waals surface area contributed by atoms with Gasteiger partial charge in [0.2, 0.25) is 0 Å². The highest BCUT2D eigenvalue weighted by molar-refractivity contribution is 6.92. The SMILES string of the molecule is CC=C(C)[Si](CCC)(CCC)C(C)=CC. The first-order chi connectivity index (χ1) is 7.08. The van der Waals surface area contributed by atoms with Gasteiger partial charge in [-0.15, -0.1) is 0 Å². The number of hydrogen-bond donors (Lipinski definition) is 0. The molecule has 15 heavy (non-hydrogen) atoms. The molecule has 0 saturated carbocycles. The van der Waals surface area contributed by atoms with Crippen molar-refractivity contribution in [1.82, 2.24) is 0 Å². The van der Waals surface area contributed by atoms with Crippen molar-refractivity contribution in [3.63, 3.8) is 0 Å². The third-order valence-corrected chi connectivity index (χ3v) is 10.0. The fraction of sp³-hybridized carbons (Fsp3) is 0.714. The van der Waals surface area contributed by atoms with E-state index >= 15 is 0 Å². The van der Waals surface area contributed by atoms with Gasteiger partial charge < -0.3 is 0 Å². The van der Waals surface area contributed by atoms with Crippen molar-refractivity contribution < 1.29 is 0 Å². The molecule has 0 N–H and O–H groups in total. The Morgan fingerprint density at radius 2 is 1.20 bits per heavy atom. The van der Waals surface area contributed by atoms with Gasteiger partial charge in [0.05, 0.1) is 0 Å². The zero-order valence-corrected chi connectivity index (χ0v) is 12.5. The van der Waals surface area contributed by atoms with Crippen molar-refractivity contribution in [3.05, 3.63) is 22.5 Å². The minimum Gasteiger partial charge on any atom is -0.0922 e. The van der Waals surface area contributed by atoms with E-state index in [0.29, 0.717) is 0 Å². The summed E-state index contributed by atoms with van der Waals surface area (Å²) >= 11 is 0. The lowest BCUT2D eigenvalue weighted by molar-refractivity contribution is 0.979. The Morgan fingerprint density at radius 3 is 1.40 bits per heavy atom. The van der Waals surface area contributed by atoms with Crippen molar-refractivity contribution in [3.8, 4) is 0 Å². The Balaban J connectivity index is 5.25. The van der Waals surface area contributed by atoms with Crippen LogP contribution in [-0.2, 0) is 0 Å². The Hall–Kier alpha value is -0.303. The first kappa shape index (κ1) is 14.7. The zero-order valence-electron chi connectivity index (χ0n) is 11.5. The van der Waals surface area contributed by atoms with Crippen LogP contribution >= 0.6 is 0 Å². The molecule has 0 unspecified atom stereocenters. The molecule has 0 saturated heterocycles. The first-order valence-corrected chi connectivity index (χ1v) is 8.77. The summed E-state index contributed by atoms with van der Waals surface area (Å²) in [5.41, 5.74) is 0. The lowest BCUT2D eigenvalue weighted by atomic mass is 10.5. The number of hydrogen-bond acceptors (Lipinski definition) is 0. The second kappa shape index (κ2) is 7.05. The highest BCUT2D eigenvalue weighted by Crippen LogP contribution is 2.34. The van der Waals surface area contributed by atoms with Crippen LogP contribution < -0.4 is 0 Å². The quantitative estimate of drug-likeness (QED) is 0.539. The Morgan fingerprint density at radius 1 is 0.867 bits per heavy atom. The van der Waals surface area contributed by atoms with Crippen LogP contribution in [0.25, 0.3) is 0 Å². The third kappa shape index (κ3) is 3.34. The molecule has 0 amide bonds. The highest BCUT2D eigenvalue weighted by Gasteiger charge is 2.33. The predicted octanol–water partition coefficient (Wildman–Crippen LogP) is 5.27. The van der Waals surface area contributed by atoms with Crippen molar-refractivity contribution >= 4 is 8.07 Å². The summed E-state index contributed by atoms with van der Waals surface area (Å²) in [4.78, 5) is 0. The Labute approximate surface area is 97.5 Å². The van der Waals surface area contributed by atoms with E-state index in [9.17, 15) is 0 Å². The van der Waals surface area contributed by atoms with Gasteiger partial charge in [-0.1, -0.05) is 61.3 Å². The average molecular weight is 224 g/mol. The molecule has 0 atom stereocenters. The molecule has 0 bridgehead atoms. The maximum Gasteiger partial charge on any atom is 0.107 e. The monoisotopic (exact) mass is 224 g/mol. The second-order valence-corrected chi connectivity index (χ2v) is 9.27. The van der Waals surface area contributed by atoms with Crippen LogP contribution in [0.4, 0.5) is 0 Å². The van der Waals surface area contributed by atoms with Gasteiger partial charge in [-0.3, -0.25) is 0 Å². The summed E-state index contributed by atoms with van der Waals surface area (Å²) in [7, 11) is -1.28. The van der Waals surface area contributed by atoms with Crippen LogP contribution in [-0.4, -0.2) is 8.07 Å². The van der Waals surface area contributed by atoms with Crippen LogP contribution in [0, 0.1) is 0 Å². The van der Waals surface area contributed by atoms with Gasteiger partial charge >= 0.3 is 0 Å².